The van der Waals surface area contributed by atoms with Crippen molar-refractivity contribution >= 4 is 11.6 Å². The molecule has 0 heterocycles. The van der Waals surface area contributed by atoms with Gasteiger partial charge in [0.25, 0.3) is 0 Å². The molecule has 0 fully saturated rings. The van der Waals surface area contributed by atoms with Crippen LogP contribution in [0.2, 0.25) is 0 Å². The molecule has 4 N–H and O–H groups in total. The van der Waals surface area contributed by atoms with Crippen molar-refractivity contribution in [2.75, 3.05) is 11.9 Å². The first-order valence-corrected chi connectivity index (χ1v) is 4.06. The summed E-state index contributed by atoms with van der Waals surface area (Å²) in [7, 11) is 0. The molecule has 0 radical (unpaired) electrons. The summed E-state index contributed by atoms with van der Waals surface area (Å²) in [6.07, 6.45) is 0. The van der Waals surface area contributed by atoms with E-state index < -0.39 is 24.4 Å². The number of carbonyl (C=O) groups is 1. The lowest BCUT2D eigenvalue weighted by molar-refractivity contribution is -0.119. The average molecular weight is 198 g/mol. The Morgan fingerprint density at radius 3 is 2.71 bits per heavy atom. The summed E-state index contributed by atoms with van der Waals surface area (Å²) < 4.78 is 13.1. The van der Waals surface area contributed by atoms with E-state index in [4.69, 9.17) is 10.8 Å². The molecule has 0 aliphatic heterocycles. The number of nitrogens with two attached hydrogens (primary N) is 1. The predicted molar refractivity (Wildman–Crippen MR) is 50.1 cm³/mol. The van der Waals surface area contributed by atoms with Gasteiger partial charge in [-0.1, -0.05) is 12.1 Å². The number of aliphatic hydroxyl groups is 1. The minimum Gasteiger partial charge on any atom is -0.394 e. The van der Waals surface area contributed by atoms with Crippen LogP contribution in [-0.4, -0.2) is 23.7 Å². The third-order valence-electron chi connectivity index (χ3n) is 1.73. The van der Waals surface area contributed by atoms with E-state index in [1.165, 1.54) is 18.2 Å². The minimum absolute atomic E-state index is 0.144. The Morgan fingerprint density at radius 1 is 1.57 bits per heavy atom. The van der Waals surface area contributed by atoms with E-state index in [-0.39, 0.29) is 5.69 Å². The Hall–Kier alpha value is -1.62. The van der Waals surface area contributed by atoms with Crippen LogP contribution in [0.3, 0.4) is 0 Å². The molecule has 76 valence electrons. The van der Waals surface area contributed by atoms with Gasteiger partial charge < -0.3 is 16.2 Å². The number of hydrogen-bond donors (Lipinski definition) is 3. The average Bonchev–Trinajstić information content (AvgIpc) is 2.16. The van der Waals surface area contributed by atoms with Crippen LogP contribution in [-0.2, 0) is 4.79 Å². The predicted octanol–water partition coefficient (Wildman–Crippen LogP) is 0.0838. The summed E-state index contributed by atoms with van der Waals surface area (Å²) in [5.74, 6) is -1.22. The van der Waals surface area contributed by atoms with E-state index >= 15 is 0 Å². The van der Waals surface area contributed by atoms with Crippen molar-refractivity contribution in [2.45, 2.75) is 6.04 Å². The number of para-hydroxylation sites is 1. The second-order valence-electron chi connectivity index (χ2n) is 2.76. The Kier molecular flexibility index (Phi) is 3.41. The highest BCUT2D eigenvalue weighted by atomic mass is 19.1. The van der Waals surface area contributed by atoms with Crippen LogP contribution in [0.1, 0.15) is 0 Å². The molecule has 4 nitrogen and oxygen atoms in total. The Morgan fingerprint density at radius 2 is 2.21 bits per heavy atom. The normalized spacial score (nSPS) is 12.1. The SMILES string of the molecule is NC(=O)C(CO)Nc1ccccc1F. The molecule has 1 atom stereocenters. The number of halogens is 1. The van der Waals surface area contributed by atoms with Gasteiger partial charge in [-0.3, -0.25) is 4.79 Å². The van der Waals surface area contributed by atoms with Crippen LogP contribution in [0, 0.1) is 5.82 Å². The van der Waals surface area contributed by atoms with E-state index in [1.807, 2.05) is 0 Å². The molecule has 1 aromatic carbocycles. The fraction of sp³-hybridized carbons (Fsp3) is 0.222. The molecular formula is C9H11FN2O2. The molecule has 0 bridgehead atoms. The fourth-order valence-electron chi connectivity index (χ4n) is 0.973. The zero-order valence-electron chi connectivity index (χ0n) is 7.40. The third kappa shape index (κ3) is 2.43. The van der Waals surface area contributed by atoms with E-state index in [0.717, 1.165) is 0 Å². The van der Waals surface area contributed by atoms with E-state index in [0.29, 0.717) is 0 Å². The quantitative estimate of drug-likeness (QED) is 0.641. The molecule has 0 aliphatic rings. The highest BCUT2D eigenvalue weighted by molar-refractivity contribution is 5.83. The second kappa shape index (κ2) is 4.57. The summed E-state index contributed by atoms with van der Waals surface area (Å²) in [6, 6.07) is 4.88. The van der Waals surface area contributed by atoms with Gasteiger partial charge in [0.1, 0.15) is 11.9 Å². The second-order valence-corrected chi connectivity index (χ2v) is 2.76. The van der Waals surface area contributed by atoms with Gasteiger partial charge in [0.2, 0.25) is 5.91 Å². The van der Waals surface area contributed by atoms with Crippen LogP contribution >= 0.6 is 0 Å². The number of nitrogens with one attached hydrogen (secondary N) is 1. The van der Waals surface area contributed by atoms with Gasteiger partial charge in [0.05, 0.1) is 12.3 Å². The van der Waals surface area contributed by atoms with Crippen molar-refractivity contribution in [1.29, 1.82) is 0 Å². The zero-order chi connectivity index (χ0) is 10.6. The molecule has 1 unspecified atom stereocenters. The number of anilines is 1. The number of aliphatic hydroxyl groups excluding tert-OH is 1. The van der Waals surface area contributed by atoms with Crippen molar-refractivity contribution < 1.29 is 14.3 Å². The highest BCUT2D eigenvalue weighted by Crippen LogP contribution is 2.13. The first kappa shape index (κ1) is 10.5. The van der Waals surface area contributed by atoms with Gasteiger partial charge in [0, 0.05) is 0 Å². The highest BCUT2D eigenvalue weighted by Gasteiger charge is 2.14. The van der Waals surface area contributed by atoms with Gasteiger partial charge in [-0.15, -0.1) is 0 Å². The van der Waals surface area contributed by atoms with E-state index in [9.17, 15) is 9.18 Å². The van der Waals surface area contributed by atoms with Crippen molar-refractivity contribution in [1.82, 2.24) is 0 Å². The summed E-state index contributed by atoms with van der Waals surface area (Å²) >= 11 is 0. The maximum absolute atomic E-state index is 13.1. The summed E-state index contributed by atoms with van der Waals surface area (Å²) in [5.41, 5.74) is 5.11. The lowest BCUT2D eigenvalue weighted by Gasteiger charge is -2.14. The van der Waals surface area contributed by atoms with Crippen LogP contribution in [0.25, 0.3) is 0 Å². The fourth-order valence-corrected chi connectivity index (χ4v) is 0.973. The number of carbonyl (C=O) groups excluding carboxylic acids is 1. The zero-order valence-corrected chi connectivity index (χ0v) is 7.40. The van der Waals surface area contributed by atoms with Gasteiger partial charge in [-0.05, 0) is 12.1 Å². The molecule has 14 heavy (non-hydrogen) atoms. The number of rotatable bonds is 4. The topological polar surface area (TPSA) is 75.4 Å². The number of benzene rings is 1. The molecule has 0 aliphatic carbocycles. The molecule has 1 aromatic rings. The van der Waals surface area contributed by atoms with Crippen LogP contribution in [0.4, 0.5) is 10.1 Å². The summed E-state index contributed by atoms with van der Waals surface area (Å²) in [5, 5.41) is 11.3. The molecule has 5 heteroatoms. The van der Waals surface area contributed by atoms with Crippen molar-refractivity contribution in [3.05, 3.63) is 30.1 Å². The monoisotopic (exact) mass is 198 g/mol. The third-order valence-corrected chi connectivity index (χ3v) is 1.73. The Labute approximate surface area is 80.5 Å². The van der Waals surface area contributed by atoms with E-state index in [2.05, 4.69) is 5.32 Å². The summed E-state index contributed by atoms with van der Waals surface area (Å²) in [4.78, 5) is 10.7. The van der Waals surface area contributed by atoms with Gasteiger partial charge in [0.15, 0.2) is 0 Å². The van der Waals surface area contributed by atoms with Crippen molar-refractivity contribution in [3.63, 3.8) is 0 Å². The lowest BCUT2D eigenvalue weighted by atomic mass is 10.2. The van der Waals surface area contributed by atoms with Gasteiger partial charge in [-0.2, -0.15) is 0 Å². The smallest absolute Gasteiger partial charge is 0.242 e. The lowest BCUT2D eigenvalue weighted by Crippen LogP contribution is -2.38. The minimum atomic E-state index is -0.966. The van der Waals surface area contributed by atoms with Gasteiger partial charge >= 0.3 is 0 Å². The maximum atomic E-state index is 13.1. The first-order valence-electron chi connectivity index (χ1n) is 4.06. The summed E-state index contributed by atoms with van der Waals surface area (Å²) in [6.45, 7) is -0.469. The first-order chi connectivity index (χ1) is 6.65. The molecule has 0 aromatic heterocycles. The van der Waals surface area contributed by atoms with Crippen LogP contribution in [0.5, 0.6) is 0 Å². The van der Waals surface area contributed by atoms with Gasteiger partial charge in [-0.25, -0.2) is 4.39 Å². The molecule has 0 saturated carbocycles. The van der Waals surface area contributed by atoms with Crippen molar-refractivity contribution in [3.8, 4) is 0 Å². The molecule has 1 rings (SSSR count). The molecular weight excluding hydrogens is 187 g/mol. The number of hydrogen-bond acceptors (Lipinski definition) is 3. The largest absolute Gasteiger partial charge is 0.394 e. The Balaban J connectivity index is 2.77. The molecule has 1 amide bonds. The van der Waals surface area contributed by atoms with Crippen LogP contribution < -0.4 is 11.1 Å². The maximum Gasteiger partial charge on any atom is 0.242 e. The van der Waals surface area contributed by atoms with E-state index in [1.54, 1.807) is 6.07 Å². The standard InChI is InChI=1S/C9H11FN2O2/c10-6-3-1-2-4-7(6)12-8(5-13)9(11)14/h1-4,8,12-13H,5H2,(H2,11,14). The molecule has 0 spiro atoms. The molecule has 0 saturated heterocycles. The van der Waals surface area contributed by atoms with Crippen LogP contribution in [0.15, 0.2) is 24.3 Å². The number of amides is 1. The Bertz CT molecular complexity index is 330. The van der Waals surface area contributed by atoms with Crippen molar-refractivity contribution in [2.24, 2.45) is 5.73 Å². The number of primary amides is 1.